The van der Waals surface area contributed by atoms with Crippen molar-refractivity contribution in [2.45, 2.75) is 38.3 Å². The van der Waals surface area contributed by atoms with Crippen molar-refractivity contribution in [3.63, 3.8) is 0 Å². The van der Waals surface area contributed by atoms with Gasteiger partial charge < -0.3 is 23.7 Å². The Hall–Kier alpha value is -2.28. The molecule has 0 saturated carbocycles. The number of rotatable bonds is 11. The number of nitrogens with zero attached hydrogens (tertiary/aromatic N) is 1. The summed E-state index contributed by atoms with van der Waals surface area (Å²) in [5.41, 5.74) is 2.18. The summed E-state index contributed by atoms with van der Waals surface area (Å²) in [6.45, 7) is 6.54. The van der Waals surface area contributed by atoms with Gasteiger partial charge in [0.05, 0.1) is 13.7 Å². The summed E-state index contributed by atoms with van der Waals surface area (Å²) in [5, 5.41) is 0. The molecule has 0 aromatic heterocycles. The minimum atomic E-state index is -0.256. The van der Waals surface area contributed by atoms with Crippen molar-refractivity contribution in [1.29, 1.82) is 0 Å². The number of methoxy groups -OCH3 is 3. The molecular weight excluding hydrogens is 406 g/mol. The predicted octanol–water partition coefficient (Wildman–Crippen LogP) is 4.48. The first kappa shape index (κ1) is 24.4. The van der Waals surface area contributed by atoms with Crippen LogP contribution in [0.25, 0.3) is 0 Å². The fraction of sp³-hybridized carbons (Fsp3) is 0.538. The molecule has 176 valence electrons. The van der Waals surface area contributed by atoms with E-state index in [1.54, 1.807) is 21.3 Å². The number of hydrogen-bond acceptors (Lipinski definition) is 6. The molecular formula is C26H37NO5. The Bertz CT molecular complexity index is 825. The molecule has 0 amide bonds. The van der Waals surface area contributed by atoms with Crippen LogP contribution >= 0.6 is 0 Å². The van der Waals surface area contributed by atoms with Gasteiger partial charge in [0.15, 0.2) is 11.5 Å². The van der Waals surface area contributed by atoms with Crippen molar-refractivity contribution in [3.8, 4) is 17.2 Å². The Morgan fingerprint density at radius 1 is 0.875 bits per heavy atom. The number of ether oxygens (including phenoxy) is 5. The van der Waals surface area contributed by atoms with Crippen molar-refractivity contribution in [1.82, 2.24) is 4.90 Å². The van der Waals surface area contributed by atoms with E-state index < -0.39 is 0 Å². The summed E-state index contributed by atoms with van der Waals surface area (Å²) in [6.07, 6.45) is 2.99. The van der Waals surface area contributed by atoms with Gasteiger partial charge in [0, 0.05) is 27.3 Å². The van der Waals surface area contributed by atoms with E-state index in [-0.39, 0.29) is 5.60 Å². The van der Waals surface area contributed by atoms with E-state index in [2.05, 4.69) is 36.1 Å². The fourth-order valence-corrected chi connectivity index (χ4v) is 4.06. The summed E-state index contributed by atoms with van der Waals surface area (Å²) < 4.78 is 28.5. The van der Waals surface area contributed by atoms with Gasteiger partial charge in [0.25, 0.3) is 0 Å². The van der Waals surface area contributed by atoms with E-state index in [0.717, 1.165) is 56.1 Å². The van der Waals surface area contributed by atoms with Crippen molar-refractivity contribution in [2.75, 3.05) is 54.2 Å². The molecule has 3 rings (SSSR count). The fourth-order valence-electron chi connectivity index (χ4n) is 4.06. The van der Waals surface area contributed by atoms with E-state index in [9.17, 15) is 0 Å². The van der Waals surface area contributed by atoms with Gasteiger partial charge in [0.1, 0.15) is 24.6 Å². The van der Waals surface area contributed by atoms with Crippen molar-refractivity contribution in [2.24, 2.45) is 0 Å². The summed E-state index contributed by atoms with van der Waals surface area (Å²) in [6, 6.07) is 14.4. The zero-order valence-electron chi connectivity index (χ0n) is 19.9. The van der Waals surface area contributed by atoms with Gasteiger partial charge in [-0.15, -0.1) is 0 Å². The highest BCUT2D eigenvalue weighted by Gasteiger charge is 2.33. The third kappa shape index (κ3) is 6.86. The summed E-state index contributed by atoms with van der Waals surface area (Å²) in [4.78, 5) is 2.48. The molecule has 2 aromatic rings. The van der Waals surface area contributed by atoms with Crippen molar-refractivity contribution in [3.05, 3.63) is 53.6 Å². The Labute approximate surface area is 192 Å². The van der Waals surface area contributed by atoms with Gasteiger partial charge in [-0.3, -0.25) is 4.90 Å². The Balaban J connectivity index is 1.59. The maximum Gasteiger partial charge on any atom is 0.161 e. The lowest BCUT2D eigenvalue weighted by atomic mass is 9.95. The molecule has 1 heterocycles. The van der Waals surface area contributed by atoms with E-state index in [1.807, 2.05) is 18.2 Å². The highest BCUT2D eigenvalue weighted by atomic mass is 16.5. The average Bonchev–Trinajstić information content (AvgIpc) is 3.02. The Morgan fingerprint density at radius 3 is 2.41 bits per heavy atom. The van der Waals surface area contributed by atoms with Gasteiger partial charge in [0.2, 0.25) is 0 Å². The minimum Gasteiger partial charge on any atom is -0.493 e. The minimum absolute atomic E-state index is 0.256. The Kier molecular flexibility index (Phi) is 9.21. The van der Waals surface area contributed by atoms with Crippen LogP contribution in [-0.4, -0.2) is 64.7 Å². The van der Waals surface area contributed by atoms with Crippen LogP contribution in [-0.2, 0) is 16.0 Å². The maximum atomic E-state index is 6.11. The SMILES string of the molecule is COCCOc1cc(CN2CCC[C@](COc3ccc(C)cc3)(OC)CC2)ccc1OC. The first-order valence-corrected chi connectivity index (χ1v) is 11.3. The summed E-state index contributed by atoms with van der Waals surface area (Å²) >= 11 is 0. The van der Waals surface area contributed by atoms with Crippen molar-refractivity contribution < 1.29 is 23.7 Å². The third-order valence-electron chi connectivity index (χ3n) is 6.13. The molecule has 1 atom stereocenters. The maximum absolute atomic E-state index is 6.11. The zero-order chi connectivity index (χ0) is 22.8. The first-order chi connectivity index (χ1) is 15.6. The highest BCUT2D eigenvalue weighted by molar-refractivity contribution is 5.43. The Morgan fingerprint density at radius 2 is 1.69 bits per heavy atom. The van der Waals surface area contributed by atoms with E-state index >= 15 is 0 Å². The number of aryl methyl sites for hydroxylation is 1. The van der Waals surface area contributed by atoms with Crippen LogP contribution in [0.5, 0.6) is 17.2 Å². The van der Waals surface area contributed by atoms with Gasteiger partial charge in [-0.25, -0.2) is 0 Å². The van der Waals surface area contributed by atoms with Crippen LogP contribution in [0.15, 0.2) is 42.5 Å². The molecule has 0 bridgehead atoms. The molecule has 1 aliphatic heterocycles. The molecule has 0 aliphatic carbocycles. The lowest BCUT2D eigenvalue weighted by Crippen LogP contribution is -2.39. The van der Waals surface area contributed by atoms with E-state index in [0.29, 0.717) is 19.8 Å². The van der Waals surface area contributed by atoms with Crippen LogP contribution in [0.1, 0.15) is 30.4 Å². The van der Waals surface area contributed by atoms with Crippen LogP contribution in [0.3, 0.4) is 0 Å². The molecule has 0 radical (unpaired) electrons. The normalized spacial score (nSPS) is 19.4. The molecule has 6 heteroatoms. The second-order valence-electron chi connectivity index (χ2n) is 8.45. The average molecular weight is 444 g/mol. The standard InChI is InChI=1S/C26H37NO5/c1-21-6-9-23(10-7-21)32-20-26(30-4)12-5-14-27(15-13-26)19-22-8-11-24(29-3)25(18-22)31-17-16-28-2/h6-11,18H,5,12-17,19-20H2,1-4H3/t26-/m0/s1. The van der Waals surface area contributed by atoms with Crippen LogP contribution in [0, 0.1) is 6.92 Å². The summed E-state index contributed by atoms with van der Waals surface area (Å²) in [5.74, 6) is 2.40. The molecule has 6 nitrogen and oxygen atoms in total. The summed E-state index contributed by atoms with van der Waals surface area (Å²) in [7, 11) is 5.14. The molecule has 2 aromatic carbocycles. The van der Waals surface area contributed by atoms with E-state index in [4.69, 9.17) is 23.7 Å². The van der Waals surface area contributed by atoms with Crippen molar-refractivity contribution >= 4 is 0 Å². The lowest BCUT2D eigenvalue weighted by molar-refractivity contribution is -0.0541. The van der Waals surface area contributed by atoms with Gasteiger partial charge in [-0.1, -0.05) is 23.8 Å². The van der Waals surface area contributed by atoms with Crippen LogP contribution in [0.2, 0.25) is 0 Å². The monoisotopic (exact) mass is 443 g/mol. The van der Waals surface area contributed by atoms with Gasteiger partial charge >= 0.3 is 0 Å². The predicted molar refractivity (Wildman–Crippen MR) is 126 cm³/mol. The topological polar surface area (TPSA) is 49.4 Å². The van der Waals surface area contributed by atoms with Gasteiger partial charge in [-0.2, -0.15) is 0 Å². The highest BCUT2D eigenvalue weighted by Crippen LogP contribution is 2.31. The van der Waals surface area contributed by atoms with Crippen LogP contribution < -0.4 is 14.2 Å². The largest absolute Gasteiger partial charge is 0.493 e. The molecule has 0 unspecified atom stereocenters. The first-order valence-electron chi connectivity index (χ1n) is 11.3. The smallest absolute Gasteiger partial charge is 0.161 e. The molecule has 1 aliphatic rings. The number of benzene rings is 2. The molecule has 32 heavy (non-hydrogen) atoms. The quantitative estimate of drug-likeness (QED) is 0.478. The van der Waals surface area contributed by atoms with Crippen LogP contribution in [0.4, 0.5) is 0 Å². The molecule has 1 fully saturated rings. The second-order valence-corrected chi connectivity index (χ2v) is 8.45. The molecule has 1 saturated heterocycles. The third-order valence-corrected chi connectivity index (χ3v) is 6.13. The molecule has 0 spiro atoms. The second kappa shape index (κ2) is 12.1. The molecule has 0 N–H and O–H groups in total. The lowest BCUT2D eigenvalue weighted by Gasteiger charge is -2.31. The zero-order valence-corrected chi connectivity index (χ0v) is 19.9. The number of hydrogen-bond donors (Lipinski definition) is 0. The van der Waals surface area contributed by atoms with Gasteiger partial charge in [-0.05, 0) is 62.6 Å². The van der Waals surface area contributed by atoms with E-state index in [1.165, 1.54) is 11.1 Å². The number of likely N-dealkylation sites (tertiary alicyclic amines) is 1.